The maximum atomic E-state index is 9.14. The molecular formula is C17H16N2O. The molecule has 0 spiro atoms. The van der Waals surface area contributed by atoms with Gasteiger partial charge in [-0.25, -0.2) is 0 Å². The van der Waals surface area contributed by atoms with Crippen LogP contribution in [0, 0.1) is 11.5 Å². The largest absolute Gasteiger partial charge is 0.367 e. The van der Waals surface area contributed by atoms with E-state index >= 15 is 0 Å². The van der Waals surface area contributed by atoms with Gasteiger partial charge in [-0.15, -0.1) is 0 Å². The molecule has 1 heterocycles. The Morgan fingerprint density at radius 1 is 1.05 bits per heavy atom. The summed E-state index contributed by atoms with van der Waals surface area (Å²) in [6, 6.07) is 18.4. The lowest BCUT2D eigenvalue weighted by molar-refractivity contribution is 0.0609. The summed E-state index contributed by atoms with van der Waals surface area (Å²) >= 11 is 0. The lowest BCUT2D eigenvalue weighted by Crippen LogP contribution is -2.27. The Kier molecular flexibility index (Phi) is 3.67. The van der Waals surface area contributed by atoms with Crippen molar-refractivity contribution in [3.8, 4) is 6.19 Å². The minimum atomic E-state index is -0.0479. The van der Waals surface area contributed by atoms with Crippen LogP contribution in [0.15, 0.2) is 54.6 Å². The van der Waals surface area contributed by atoms with Gasteiger partial charge < -0.3 is 9.64 Å². The second-order valence-corrected chi connectivity index (χ2v) is 4.88. The topological polar surface area (TPSA) is 36.3 Å². The summed E-state index contributed by atoms with van der Waals surface area (Å²) in [5.74, 6) is 0. The van der Waals surface area contributed by atoms with Gasteiger partial charge >= 0.3 is 0 Å². The molecule has 3 heteroatoms. The van der Waals surface area contributed by atoms with E-state index in [1.165, 1.54) is 0 Å². The minimum Gasteiger partial charge on any atom is -0.367 e. The number of fused-ring (bicyclic) bond motifs is 1. The summed E-state index contributed by atoms with van der Waals surface area (Å²) in [5.41, 5.74) is 3.46. The first-order valence-electron chi connectivity index (χ1n) is 6.77. The predicted molar refractivity (Wildman–Crippen MR) is 76.7 cm³/mol. The molecule has 0 radical (unpaired) electrons. The molecular weight excluding hydrogens is 248 g/mol. The Bertz CT molecular complexity index is 618. The maximum Gasteiger partial charge on any atom is 0.179 e. The van der Waals surface area contributed by atoms with Crippen LogP contribution in [-0.4, -0.2) is 18.1 Å². The highest BCUT2D eigenvalue weighted by atomic mass is 16.5. The molecule has 2 aromatic rings. The normalized spacial score (nSPS) is 18.6. The van der Waals surface area contributed by atoms with E-state index in [2.05, 4.69) is 30.5 Å². The van der Waals surface area contributed by atoms with Gasteiger partial charge in [-0.3, -0.25) is 0 Å². The molecule has 0 aliphatic carbocycles. The average Bonchev–Trinajstić information content (AvgIpc) is 2.49. The van der Waals surface area contributed by atoms with Crippen molar-refractivity contribution in [2.45, 2.75) is 12.6 Å². The first-order chi connectivity index (χ1) is 9.88. The van der Waals surface area contributed by atoms with Gasteiger partial charge in [-0.05, 0) is 16.7 Å². The van der Waals surface area contributed by atoms with Gasteiger partial charge in [0.15, 0.2) is 6.19 Å². The fraction of sp³-hybridized carbons (Fsp3) is 0.235. The third-order valence-electron chi connectivity index (χ3n) is 3.59. The van der Waals surface area contributed by atoms with E-state index in [-0.39, 0.29) is 6.10 Å². The molecule has 0 amide bonds. The van der Waals surface area contributed by atoms with Crippen molar-refractivity contribution in [1.82, 2.24) is 4.90 Å². The quantitative estimate of drug-likeness (QED) is 0.743. The molecule has 3 rings (SSSR count). The van der Waals surface area contributed by atoms with Gasteiger partial charge in [-0.1, -0.05) is 54.6 Å². The van der Waals surface area contributed by atoms with Crippen LogP contribution < -0.4 is 0 Å². The maximum absolute atomic E-state index is 9.14. The third kappa shape index (κ3) is 2.52. The van der Waals surface area contributed by atoms with Gasteiger partial charge in [0.25, 0.3) is 0 Å². The molecule has 0 fully saturated rings. The van der Waals surface area contributed by atoms with Crippen LogP contribution >= 0.6 is 0 Å². The molecule has 3 nitrogen and oxygen atoms in total. The highest BCUT2D eigenvalue weighted by Gasteiger charge is 2.21. The number of nitrogens with zero attached hydrogens (tertiary/aromatic N) is 2. The standard InChI is InChI=1S/C17H16N2O/c18-13-19-10-11-20-17(14-6-2-1-3-7-14)16-9-5-4-8-15(16)12-19/h1-9,17H,10-12H2/t17-/m0/s1. The van der Waals surface area contributed by atoms with Crippen LogP contribution in [0.4, 0.5) is 0 Å². The van der Waals surface area contributed by atoms with Crippen molar-refractivity contribution in [3.05, 3.63) is 71.3 Å². The Morgan fingerprint density at radius 2 is 1.80 bits per heavy atom. The van der Waals surface area contributed by atoms with Crippen molar-refractivity contribution < 1.29 is 4.74 Å². The van der Waals surface area contributed by atoms with E-state index in [4.69, 9.17) is 10.00 Å². The molecule has 20 heavy (non-hydrogen) atoms. The zero-order chi connectivity index (χ0) is 13.8. The van der Waals surface area contributed by atoms with Crippen LogP contribution in [0.1, 0.15) is 22.8 Å². The molecule has 1 atom stereocenters. The molecule has 0 saturated carbocycles. The van der Waals surface area contributed by atoms with Crippen LogP contribution in [-0.2, 0) is 11.3 Å². The number of hydrogen-bond donors (Lipinski definition) is 0. The predicted octanol–water partition coefficient (Wildman–Crippen LogP) is 3.09. The van der Waals surface area contributed by atoms with Crippen molar-refractivity contribution >= 4 is 0 Å². The Morgan fingerprint density at radius 3 is 2.60 bits per heavy atom. The lowest BCUT2D eigenvalue weighted by Gasteiger charge is -2.27. The molecule has 1 aliphatic rings. The molecule has 0 bridgehead atoms. The summed E-state index contributed by atoms with van der Waals surface area (Å²) in [6.07, 6.45) is 2.17. The highest BCUT2D eigenvalue weighted by Crippen LogP contribution is 2.30. The highest BCUT2D eigenvalue weighted by molar-refractivity contribution is 5.36. The zero-order valence-corrected chi connectivity index (χ0v) is 11.2. The van der Waals surface area contributed by atoms with Crippen LogP contribution in [0.3, 0.4) is 0 Å². The molecule has 0 aromatic heterocycles. The van der Waals surface area contributed by atoms with E-state index in [1.54, 1.807) is 4.90 Å². The summed E-state index contributed by atoms with van der Waals surface area (Å²) in [5, 5.41) is 9.14. The number of hydrogen-bond acceptors (Lipinski definition) is 3. The Hall–Kier alpha value is -2.31. The molecule has 0 unspecified atom stereocenters. The zero-order valence-electron chi connectivity index (χ0n) is 11.2. The fourth-order valence-corrected chi connectivity index (χ4v) is 2.58. The van der Waals surface area contributed by atoms with Gasteiger partial charge in [-0.2, -0.15) is 5.26 Å². The number of nitriles is 1. The number of ether oxygens (including phenoxy) is 1. The second kappa shape index (κ2) is 5.77. The van der Waals surface area contributed by atoms with Gasteiger partial charge in [0.1, 0.15) is 6.10 Å². The summed E-state index contributed by atoms with van der Waals surface area (Å²) in [6.45, 7) is 1.84. The Balaban J connectivity index is 2.03. The molecule has 2 aromatic carbocycles. The van der Waals surface area contributed by atoms with Crippen molar-refractivity contribution in [3.63, 3.8) is 0 Å². The van der Waals surface area contributed by atoms with E-state index in [0.29, 0.717) is 19.7 Å². The van der Waals surface area contributed by atoms with Gasteiger partial charge in [0.2, 0.25) is 0 Å². The number of benzene rings is 2. The number of rotatable bonds is 1. The fourth-order valence-electron chi connectivity index (χ4n) is 2.58. The van der Waals surface area contributed by atoms with E-state index < -0.39 is 0 Å². The first kappa shape index (κ1) is 12.7. The second-order valence-electron chi connectivity index (χ2n) is 4.88. The van der Waals surface area contributed by atoms with E-state index in [1.807, 2.05) is 30.3 Å². The van der Waals surface area contributed by atoms with Crippen LogP contribution in [0.25, 0.3) is 0 Å². The smallest absolute Gasteiger partial charge is 0.179 e. The summed E-state index contributed by atoms with van der Waals surface area (Å²) in [4.78, 5) is 1.74. The van der Waals surface area contributed by atoms with Crippen LogP contribution in [0.2, 0.25) is 0 Å². The SMILES string of the molecule is N#CN1CCO[C@@H](c2ccccc2)c2ccccc2C1. The van der Waals surface area contributed by atoms with Crippen molar-refractivity contribution in [1.29, 1.82) is 5.26 Å². The minimum absolute atomic E-state index is 0.0479. The molecule has 100 valence electrons. The molecule has 0 saturated heterocycles. The average molecular weight is 264 g/mol. The third-order valence-corrected chi connectivity index (χ3v) is 3.59. The van der Waals surface area contributed by atoms with E-state index in [0.717, 1.165) is 16.7 Å². The summed E-state index contributed by atoms with van der Waals surface area (Å²) in [7, 11) is 0. The lowest BCUT2D eigenvalue weighted by atomic mass is 9.96. The van der Waals surface area contributed by atoms with Crippen LogP contribution in [0.5, 0.6) is 0 Å². The van der Waals surface area contributed by atoms with Crippen molar-refractivity contribution in [2.24, 2.45) is 0 Å². The first-order valence-corrected chi connectivity index (χ1v) is 6.77. The molecule has 0 N–H and O–H groups in total. The van der Waals surface area contributed by atoms with Gasteiger partial charge in [0.05, 0.1) is 19.7 Å². The van der Waals surface area contributed by atoms with E-state index in [9.17, 15) is 0 Å². The Labute approximate surface area is 119 Å². The monoisotopic (exact) mass is 264 g/mol. The summed E-state index contributed by atoms with van der Waals surface area (Å²) < 4.78 is 6.03. The molecule has 1 aliphatic heterocycles. The van der Waals surface area contributed by atoms with Gasteiger partial charge in [0, 0.05) is 0 Å². The van der Waals surface area contributed by atoms with Crippen molar-refractivity contribution in [2.75, 3.05) is 13.2 Å².